The topological polar surface area (TPSA) is 68.3 Å². The number of aryl methyl sites for hydroxylation is 2. The number of ether oxygens (including phenoxy) is 1. The van der Waals surface area contributed by atoms with E-state index < -0.39 is 17.5 Å². The molecule has 0 fully saturated rings. The van der Waals surface area contributed by atoms with Gasteiger partial charge in [-0.25, -0.2) is 4.79 Å². The summed E-state index contributed by atoms with van der Waals surface area (Å²) in [5.74, 6) is -1.20. The van der Waals surface area contributed by atoms with Crippen molar-refractivity contribution in [2.45, 2.75) is 39.2 Å². The molecule has 0 saturated carbocycles. The normalized spacial score (nSPS) is 18.5. The van der Waals surface area contributed by atoms with Gasteiger partial charge in [0, 0.05) is 5.69 Å². The number of hydrogen-bond acceptors (Lipinski definition) is 4. The molecule has 1 unspecified atom stereocenters. The van der Waals surface area contributed by atoms with Crippen LogP contribution in [0.1, 0.15) is 46.9 Å². The molecule has 1 aliphatic heterocycles. The SMILES string of the molecule is Cc1cc(NC(=O)C2c3ccccc3C(=O)OC2(C)C)cnc1C. The van der Waals surface area contributed by atoms with Gasteiger partial charge in [0.2, 0.25) is 5.91 Å². The number of nitrogens with one attached hydrogen (secondary N) is 1. The summed E-state index contributed by atoms with van der Waals surface area (Å²) in [6, 6.07) is 8.96. The van der Waals surface area contributed by atoms with Gasteiger partial charge in [0.15, 0.2) is 0 Å². The van der Waals surface area contributed by atoms with E-state index in [1.165, 1.54) is 0 Å². The second-order valence-corrected chi connectivity index (χ2v) is 6.63. The largest absolute Gasteiger partial charge is 0.455 e. The van der Waals surface area contributed by atoms with Gasteiger partial charge in [-0.05, 0) is 51.0 Å². The smallest absolute Gasteiger partial charge is 0.338 e. The number of nitrogens with zero attached hydrogens (tertiary/aromatic N) is 1. The monoisotopic (exact) mass is 324 g/mol. The molecule has 1 aromatic heterocycles. The van der Waals surface area contributed by atoms with Gasteiger partial charge in [0.25, 0.3) is 0 Å². The van der Waals surface area contributed by atoms with Crippen LogP contribution in [0.2, 0.25) is 0 Å². The summed E-state index contributed by atoms with van der Waals surface area (Å²) in [5, 5.41) is 2.90. The zero-order valence-electron chi connectivity index (χ0n) is 14.2. The first-order chi connectivity index (χ1) is 11.3. The van der Waals surface area contributed by atoms with Crippen LogP contribution in [0.3, 0.4) is 0 Å². The van der Waals surface area contributed by atoms with Crippen LogP contribution in [-0.2, 0) is 9.53 Å². The van der Waals surface area contributed by atoms with Crippen molar-refractivity contribution in [1.82, 2.24) is 4.98 Å². The number of amides is 1. The number of benzene rings is 1. The third-order valence-electron chi connectivity index (χ3n) is 4.41. The molecule has 1 aliphatic rings. The first-order valence-electron chi connectivity index (χ1n) is 7.86. The van der Waals surface area contributed by atoms with Gasteiger partial charge in [-0.3, -0.25) is 9.78 Å². The number of anilines is 1. The quantitative estimate of drug-likeness (QED) is 0.860. The Morgan fingerprint density at radius 1 is 1.25 bits per heavy atom. The van der Waals surface area contributed by atoms with Crippen molar-refractivity contribution in [3.63, 3.8) is 0 Å². The zero-order chi connectivity index (χ0) is 17.5. The van der Waals surface area contributed by atoms with Crippen molar-refractivity contribution < 1.29 is 14.3 Å². The third kappa shape index (κ3) is 2.77. The van der Waals surface area contributed by atoms with E-state index in [9.17, 15) is 9.59 Å². The fourth-order valence-corrected chi connectivity index (χ4v) is 3.04. The predicted octanol–water partition coefficient (Wildman–Crippen LogP) is 3.37. The molecule has 5 nitrogen and oxygen atoms in total. The minimum Gasteiger partial charge on any atom is -0.455 e. The van der Waals surface area contributed by atoms with Crippen LogP contribution in [0.5, 0.6) is 0 Å². The van der Waals surface area contributed by atoms with E-state index in [2.05, 4.69) is 10.3 Å². The van der Waals surface area contributed by atoms with Crippen LogP contribution >= 0.6 is 0 Å². The number of cyclic esters (lactones) is 1. The lowest BCUT2D eigenvalue weighted by atomic mass is 9.79. The van der Waals surface area contributed by atoms with Crippen molar-refractivity contribution in [1.29, 1.82) is 0 Å². The van der Waals surface area contributed by atoms with Gasteiger partial charge in [-0.15, -0.1) is 0 Å². The van der Waals surface area contributed by atoms with E-state index >= 15 is 0 Å². The molecule has 2 aromatic rings. The second kappa shape index (κ2) is 5.74. The maximum atomic E-state index is 12.9. The summed E-state index contributed by atoms with van der Waals surface area (Å²) in [7, 11) is 0. The Labute approximate surface area is 141 Å². The fraction of sp³-hybridized carbons (Fsp3) is 0.316. The highest BCUT2D eigenvalue weighted by Crippen LogP contribution is 2.39. The summed E-state index contributed by atoms with van der Waals surface area (Å²) >= 11 is 0. The standard InChI is InChI=1S/C19H20N2O3/c1-11-9-13(10-20-12(11)2)21-17(22)16-14-7-5-6-8-15(14)18(23)24-19(16,3)4/h5-10,16H,1-4H3,(H,21,22). The molecule has 0 bridgehead atoms. The minimum absolute atomic E-state index is 0.218. The van der Waals surface area contributed by atoms with Crippen molar-refractivity contribution in [2.24, 2.45) is 0 Å². The lowest BCUT2D eigenvalue weighted by Crippen LogP contribution is -2.45. The molecule has 0 spiro atoms. The van der Waals surface area contributed by atoms with Gasteiger partial charge >= 0.3 is 5.97 Å². The summed E-state index contributed by atoms with van der Waals surface area (Å²) in [6.07, 6.45) is 1.63. The third-order valence-corrected chi connectivity index (χ3v) is 4.41. The molecular weight excluding hydrogens is 304 g/mol. The molecule has 2 heterocycles. The van der Waals surface area contributed by atoms with Crippen LogP contribution in [-0.4, -0.2) is 22.5 Å². The fourth-order valence-electron chi connectivity index (χ4n) is 3.04. The summed E-state index contributed by atoms with van der Waals surface area (Å²) in [6.45, 7) is 7.37. The highest BCUT2D eigenvalue weighted by atomic mass is 16.6. The van der Waals surface area contributed by atoms with Crippen LogP contribution in [0.4, 0.5) is 5.69 Å². The van der Waals surface area contributed by atoms with Crippen molar-refractivity contribution in [2.75, 3.05) is 5.32 Å². The number of fused-ring (bicyclic) bond motifs is 1. The van der Waals surface area contributed by atoms with Gasteiger partial charge in [0.05, 0.1) is 17.4 Å². The van der Waals surface area contributed by atoms with E-state index in [1.807, 2.05) is 26.0 Å². The molecule has 0 radical (unpaired) electrons. The van der Waals surface area contributed by atoms with Crippen LogP contribution in [0.15, 0.2) is 36.5 Å². The van der Waals surface area contributed by atoms with E-state index in [-0.39, 0.29) is 5.91 Å². The predicted molar refractivity (Wildman–Crippen MR) is 91.0 cm³/mol. The minimum atomic E-state index is -0.928. The van der Waals surface area contributed by atoms with E-state index in [1.54, 1.807) is 38.2 Å². The number of esters is 1. The Bertz CT molecular complexity index is 827. The Balaban J connectivity index is 1.97. The molecular formula is C19H20N2O3. The van der Waals surface area contributed by atoms with E-state index in [4.69, 9.17) is 4.74 Å². The lowest BCUT2D eigenvalue weighted by molar-refractivity contribution is -0.123. The highest BCUT2D eigenvalue weighted by Gasteiger charge is 2.45. The molecule has 1 atom stereocenters. The number of carbonyl (C=O) groups excluding carboxylic acids is 2. The zero-order valence-corrected chi connectivity index (χ0v) is 14.2. The molecule has 124 valence electrons. The molecule has 1 amide bonds. The summed E-state index contributed by atoms with van der Waals surface area (Å²) in [4.78, 5) is 29.3. The van der Waals surface area contributed by atoms with E-state index in [0.29, 0.717) is 16.8 Å². The molecule has 0 saturated heterocycles. The number of pyridine rings is 1. The lowest BCUT2D eigenvalue weighted by Gasteiger charge is -2.38. The molecule has 1 N–H and O–H groups in total. The molecule has 24 heavy (non-hydrogen) atoms. The molecule has 1 aromatic carbocycles. The summed E-state index contributed by atoms with van der Waals surface area (Å²) in [5.41, 5.74) is 2.76. The van der Waals surface area contributed by atoms with Gasteiger partial charge in [-0.2, -0.15) is 0 Å². The van der Waals surface area contributed by atoms with Crippen LogP contribution < -0.4 is 5.32 Å². The number of carbonyl (C=O) groups is 2. The van der Waals surface area contributed by atoms with Crippen molar-refractivity contribution >= 4 is 17.6 Å². The maximum absolute atomic E-state index is 12.9. The van der Waals surface area contributed by atoms with E-state index in [0.717, 1.165) is 11.3 Å². The van der Waals surface area contributed by atoms with Gasteiger partial charge < -0.3 is 10.1 Å². The van der Waals surface area contributed by atoms with Gasteiger partial charge in [-0.1, -0.05) is 18.2 Å². The molecule has 0 aliphatic carbocycles. The highest BCUT2D eigenvalue weighted by molar-refractivity contribution is 6.02. The Morgan fingerprint density at radius 3 is 2.67 bits per heavy atom. The maximum Gasteiger partial charge on any atom is 0.338 e. The number of hydrogen-bond donors (Lipinski definition) is 1. The Morgan fingerprint density at radius 2 is 1.96 bits per heavy atom. The van der Waals surface area contributed by atoms with Crippen LogP contribution in [0.25, 0.3) is 0 Å². The second-order valence-electron chi connectivity index (χ2n) is 6.63. The van der Waals surface area contributed by atoms with Crippen LogP contribution in [0, 0.1) is 13.8 Å². The Kier molecular flexibility index (Phi) is 3.87. The van der Waals surface area contributed by atoms with Crippen molar-refractivity contribution in [3.8, 4) is 0 Å². The average molecular weight is 324 g/mol. The Hall–Kier alpha value is -2.69. The average Bonchev–Trinajstić information content (AvgIpc) is 2.50. The summed E-state index contributed by atoms with van der Waals surface area (Å²) < 4.78 is 5.50. The first-order valence-corrected chi connectivity index (χ1v) is 7.86. The molecule has 3 rings (SSSR count). The first kappa shape index (κ1) is 16.2. The number of aromatic nitrogens is 1. The van der Waals surface area contributed by atoms with Crippen molar-refractivity contribution in [3.05, 3.63) is 58.9 Å². The molecule has 5 heteroatoms. The number of rotatable bonds is 2. The van der Waals surface area contributed by atoms with Gasteiger partial charge in [0.1, 0.15) is 11.5 Å².